The zero-order chi connectivity index (χ0) is 21.3. The Kier molecular flexibility index (Phi) is 5.83. The van der Waals surface area contributed by atoms with Crippen molar-refractivity contribution in [1.29, 1.82) is 0 Å². The maximum Gasteiger partial charge on any atom is 0.416 e. The van der Waals surface area contributed by atoms with Gasteiger partial charge in [-0.3, -0.25) is 10.1 Å². The number of benzene rings is 2. The van der Waals surface area contributed by atoms with E-state index in [-0.39, 0.29) is 16.8 Å². The first-order valence-electron chi connectivity index (χ1n) is 7.44. The first kappa shape index (κ1) is 21.4. The SMILES string of the molecule is COC(=O)[C@](F)(c1cc(Cl)ccc1OC)c1ccc(C(F)(F)F)cc1[N+](=O)[O-]. The summed E-state index contributed by atoms with van der Waals surface area (Å²) in [5.74, 6) is -1.82. The van der Waals surface area contributed by atoms with Gasteiger partial charge in [-0.25, -0.2) is 9.18 Å². The van der Waals surface area contributed by atoms with E-state index in [9.17, 15) is 28.1 Å². The molecule has 1 atom stereocenters. The van der Waals surface area contributed by atoms with Crippen LogP contribution in [0.3, 0.4) is 0 Å². The third-order valence-corrected chi connectivity index (χ3v) is 4.13. The third-order valence-electron chi connectivity index (χ3n) is 3.89. The minimum absolute atomic E-state index is 0.0451. The number of hydrogen-bond donors (Lipinski definition) is 0. The van der Waals surface area contributed by atoms with E-state index < -0.39 is 45.1 Å². The molecule has 0 aliphatic rings. The van der Waals surface area contributed by atoms with Gasteiger partial charge in [0.25, 0.3) is 11.4 Å². The molecule has 0 aliphatic carbocycles. The van der Waals surface area contributed by atoms with Crippen LogP contribution in [0.1, 0.15) is 16.7 Å². The molecule has 0 fully saturated rings. The number of hydrogen-bond acceptors (Lipinski definition) is 5. The monoisotopic (exact) mass is 421 g/mol. The number of nitro groups is 1. The minimum atomic E-state index is -4.92. The minimum Gasteiger partial charge on any atom is -0.496 e. The average Bonchev–Trinajstić information content (AvgIpc) is 2.65. The molecule has 0 bridgehead atoms. The molecule has 0 spiro atoms. The Bertz CT molecular complexity index is 934. The topological polar surface area (TPSA) is 78.7 Å². The number of halogens is 5. The fourth-order valence-electron chi connectivity index (χ4n) is 2.61. The molecular formula is C17H12ClF4NO5. The standard InChI is InChI=1S/C17H12ClF4NO5/c1-27-14-6-4-10(18)8-12(14)16(19,15(24)28-2)11-5-3-9(17(20,21)22)7-13(11)23(25)26/h3-8H,1-2H3/t16-/m1/s1. The van der Waals surface area contributed by atoms with Gasteiger partial charge in [0.05, 0.1) is 30.3 Å². The quantitative estimate of drug-likeness (QED) is 0.303. The van der Waals surface area contributed by atoms with E-state index in [2.05, 4.69) is 4.74 Å². The molecule has 28 heavy (non-hydrogen) atoms. The van der Waals surface area contributed by atoms with E-state index >= 15 is 4.39 Å². The summed E-state index contributed by atoms with van der Waals surface area (Å²) in [6, 6.07) is 4.56. The van der Waals surface area contributed by atoms with Crippen molar-refractivity contribution in [3.63, 3.8) is 0 Å². The summed E-state index contributed by atoms with van der Waals surface area (Å²) in [7, 11) is 1.97. The molecule has 0 radical (unpaired) electrons. The summed E-state index contributed by atoms with van der Waals surface area (Å²) in [6.45, 7) is 0. The second-order valence-corrected chi connectivity index (χ2v) is 5.92. The predicted molar refractivity (Wildman–Crippen MR) is 90.0 cm³/mol. The fourth-order valence-corrected chi connectivity index (χ4v) is 2.78. The molecule has 0 aromatic heterocycles. The number of ether oxygens (including phenoxy) is 2. The Labute approximate surface area is 160 Å². The Balaban J connectivity index is 2.90. The molecule has 0 aliphatic heterocycles. The van der Waals surface area contributed by atoms with Crippen molar-refractivity contribution in [3.8, 4) is 5.75 Å². The van der Waals surface area contributed by atoms with Gasteiger partial charge in [0.1, 0.15) is 5.75 Å². The maximum absolute atomic E-state index is 16.1. The number of nitrogens with zero attached hydrogens (tertiary/aromatic N) is 1. The van der Waals surface area contributed by atoms with Crippen LogP contribution in [-0.4, -0.2) is 25.1 Å². The van der Waals surface area contributed by atoms with E-state index in [0.29, 0.717) is 12.1 Å². The number of carbonyl (C=O) groups excluding carboxylic acids is 1. The molecule has 0 heterocycles. The molecule has 150 valence electrons. The summed E-state index contributed by atoms with van der Waals surface area (Å²) >= 11 is 5.85. The lowest BCUT2D eigenvalue weighted by Crippen LogP contribution is -2.35. The highest BCUT2D eigenvalue weighted by Crippen LogP contribution is 2.46. The maximum atomic E-state index is 16.1. The van der Waals surface area contributed by atoms with Crippen molar-refractivity contribution in [2.24, 2.45) is 0 Å². The summed E-state index contributed by atoms with van der Waals surface area (Å²) in [5, 5.41) is 11.3. The third kappa shape index (κ3) is 3.72. The van der Waals surface area contributed by atoms with Crippen molar-refractivity contribution in [2.75, 3.05) is 14.2 Å². The lowest BCUT2D eigenvalue weighted by atomic mass is 9.85. The number of nitro benzene ring substituents is 1. The van der Waals surface area contributed by atoms with Crippen molar-refractivity contribution in [2.45, 2.75) is 11.8 Å². The van der Waals surface area contributed by atoms with Crippen LogP contribution in [0.5, 0.6) is 5.75 Å². The van der Waals surface area contributed by atoms with Crippen LogP contribution >= 0.6 is 11.6 Å². The number of carbonyl (C=O) groups is 1. The van der Waals surface area contributed by atoms with Crippen molar-refractivity contribution in [3.05, 3.63) is 68.2 Å². The molecule has 2 rings (SSSR count). The molecular weight excluding hydrogens is 410 g/mol. The van der Waals surface area contributed by atoms with Gasteiger partial charge in [-0.2, -0.15) is 13.2 Å². The van der Waals surface area contributed by atoms with Crippen LogP contribution in [0.25, 0.3) is 0 Å². The van der Waals surface area contributed by atoms with E-state index in [0.717, 1.165) is 20.3 Å². The molecule has 2 aromatic carbocycles. The molecule has 11 heteroatoms. The molecule has 0 amide bonds. The highest BCUT2D eigenvalue weighted by molar-refractivity contribution is 6.30. The molecule has 0 unspecified atom stereocenters. The molecule has 2 aromatic rings. The van der Waals surface area contributed by atoms with Gasteiger partial charge in [-0.1, -0.05) is 11.6 Å². The molecule has 0 saturated heterocycles. The van der Waals surface area contributed by atoms with E-state index in [1.54, 1.807) is 0 Å². The van der Waals surface area contributed by atoms with Gasteiger partial charge in [-0.15, -0.1) is 0 Å². The van der Waals surface area contributed by atoms with Crippen LogP contribution < -0.4 is 4.74 Å². The highest BCUT2D eigenvalue weighted by Gasteiger charge is 2.51. The van der Waals surface area contributed by atoms with Gasteiger partial charge in [0.15, 0.2) is 0 Å². The summed E-state index contributed by atoms with van der Waals surface area (Å²) in [6.07, 6.45) is -4.92. The Morgan fingerprint density at radius 3 is 2.21 bits per heavy atom. The second kappa shape index (κ2) is 7.63. The Hall–Kier alpha value is -2.88. The Morgan fingerprint density at radius 1 is 1.07 bits per heavy atom. The van der Waals surface area contributed by atoms with E-state index in [1.165, 1.54) is 12.1 Å². The lowest BCUT2D eigenvalue weighted by Gasteiger charge is -2.25. The summed E-state index contributed by atoms with van der Waals surface area (Å²) in [5.41, 5.74) is -7.52. The van der Waals surface area contributed by atoms with Crippen molar-refractivity contribution in [1.82, 2.24) is 0 Å². The van der Waals surface area contributed by atoms with E-state index in [1.807, 2.05) is 0 Å². The predicted octanol–water partition coefficient (Wildman–Crippen LogP) is 4.66. The molecule has 0 saturated carbocycles. The lowest BCUT2D eigenvalue weighted by molar-refractivity contribution is -0.386. The van der Waals surface area contributed by atoms with Crippen LogP contribution in [0, 0.1) is 10.1 Å². The van der Waals surface area contributed by atoms with Crippen LogP contribution in [0.15, 0.2) is 36.4 Å². The zero-order valence-electron chi connectivity index (χ0n) is 14.3. The number of methoxy groups -OCH3 is 2. The van der Waals surface area contributed by atoms with Crippen molar-refractivity contribution < 1.29 is 36.8 Å². The molecule has 0 N–H and O–H groups in total. The number of alkyl halides is 4. The van der Waals surface area contributed by atoms with Gasteiger partial charge in [-0.05, 0) is 30.3 Å². The van der Waals surface area contributed by atoms with E-state index in [4.69, 9.17) is 16.3 Å². The first-order chi connectivity index (χ1) is 13.0. The number of esters is 1. The van der Waals surface area contributed by atoms with Crippen molar-refractivity contribution >= 4 is 23.3 Å². The largest absolute Gasteiger partial charge is 0.496 e. The molecule has 6 nitrogen and oxygen atoms in total. The first-order valence-corrected chi connectivity index (χ1v) is 7.82. The highest BCUT2D eigenvalue weighted by atomic mass is 35.5. The zero-order valence-corrected chi connectivity index (χ0v) is 15.1. The van der Waals surface area contributed by atoms with Crippen LogP contribution in [-0.2, 0) is 21.4 Å². The second-order valence-electron chi connectivity index (χ2n) is 5.48. The van der Waals surface area contributed by atoms with Gasteiger partial charge >= 0.3 is 12.1 Å². The van der Waals surface area contributed by atoms with Crippen LogP contribution in [0.2, 0.25) is 5.02 Å². The summed E-state index contributed by atoms with van der Waals surface area (Å²) < 4.78 is 64.4. The normalized spacial score (nSPS) is 13.5. The van der Waals surface area contributed by atoms with Crippen LogP contribution in [0.4, 0.5) is 23.2 Å². The fraction of sp³-hybridized carbons (Fsp3) is 0.235. The Morgan fingerprint density at radius 2 is 1.71 bits per heavy atom. The number of rotatable bonds is 5. The van der Waals surface area contributed by atoms with Gasteiger partial charge in [0.2, 0.25) is 0 Å². The van der Waals surface area contributed by atoms with Gasteiger partial charge in [0, 0.05) is 16.7 Å². The van der Waals surface area contributed by atoms with Gasteiger partial charge < -0.3 is 9.47 Å². The summed E-state index contributed by atoms with van der Waals surface area (Å²) in [4.78, 5) is 22.5. The average molecular weight is 422 g/mol. The smallest absolute Gasteiger partial charge is 0.416 e.